The molecule has 1 amide bonds. The molecule has 0 saturated heterocycles. The van der Waals surface area contributed by atoms with E-state index in [1.165, 1.54) is 21.9 Å². The Morgan fingerprint density at radius 1 is 0.900 bits per heavy atom. The topological polar surface area (TPSA) is 41.5 Å². The van der Waals surface area contributed by atoms with Crippen LogP contribution in [-0.4, -0.2) is 11.6 Å². The summed E-state index contributed by atoms with van der Waals surface area (Å²) in [6, 6.07) is 22.9. The maximum atomic E-state index is 12.6. The molecule has 0 fully saturated rings. The summed E-state index contributed by atoms with van der Waals surface area (Å²) in [5.41, 5.74) is 8.45. The first kappa shape index (κ1) is 19.0. The maximum absolute atomic E-state index is 12.6. The van der Waals surface area contributed by atoms with Gasteiger partial charge in [-0.05, 0) is 64.1 Å². The Bertz CT molecular complexity index is 1330. The number of hydrazone groups is 1. The van der Waals surface area contributed by atoms with Crippen molar-refractivity contribution in [2.24, 2.45) is 5.10 Å². The highest BCUT2D eigenvalue weighted by Gasteiger charge is 2.17. The minimum atomic E-state index is -0.118. The van der Waals surface area contributed by atoms with Gasteiger partial charge in [-0.2, -0.15) is 5.10 Å². The van der Waals surface area contributed by atoms with Crippen molar-refractivity contribution in [1.29, 1.82) is 0 Å². The Morgan fingerprint density at radius 2 is 1.63 bits per heavy atom. The predicted molar refractivity (Wildman–Crippen MR) is 127 cm³/mol. The number of amides is 1. The van der Waals surface area contributed by atoms with E-state index in [0.717, 1.165) is 44.9 Å². The molecule has 0 aromatic heterocycles. The Morgan fingerprint density at radius 3 is 2.47 bits per heavy atom. The van der Waals surface area contributed by atoms with E-state index in [9.17, 15) is 4.79 Å². The highest BCUT2D eigenvalue weighted by molar-refractivity contribution is 9.10. The molecule has 3 nitrogen and oxygen atoms in total. The standard InChI is InChI=1S/C26H21BrN2O/c1-16(20-13-11-18-10-9-17-5-4-8-23(20)26(17)18)28-29-25(30)15-19-12-14-24(27)22-7-3-2-6-21(19)22/h2-8,11-14H,9-10,15H2,1H3,(H,29,30)/b28-16+. The quantitative estimate of drug-likeness (QED) is 0.299. The third-order valence-corrected chi connectivity index (χ3v) is 6.62. The minimum Gasteiger partial charge on any atom is -0.273 e. The van der Waals surface area contributed by atoms with Gasteiger partial charge in [-0.1, -0.05) is 76.6 Å². The molecule has 5 rings (SSSR count). The first-order valence-corrected chi connectivity index (χ1v) is 10.9. The second-order valence-electron chi connectivity index (χ2n) is 7.77. The van der Waals surface area contributed by atoms with Crippen LogP contribution >= 0.6 is 15.9 Å². The first-order valence-electron chi connectivity index (χ1n) is 10.1. The molecule has 0 atom stereocenters. The normalized spacial score (nSPS) is 13.2. The number of nitrogens with one attached hydrogen (secondary N) is 1. The number of benzene rings is 4. The van der Waals surface area contributed by atoms with E-state index in [1.54, 1.807) is 0 Å². The highest BCUT2D eigenvalue weighted by atomic mass is 79.9. The number of nitrogens with zero attached hydrogens (tertiary/aromatic N) is 1. The van der Waals surface area contributed by atoms with Gasteiger partial charge in [0, 0.05) is 10.0 Å². The van der Waals surface area contributed by atoms with Gasteiger partial charge in [0.1, 0.15) is 0 Å². The van der Waals surface area contributed by atoms with Gasteiger partial charge in [-0.3, -0.25) is 4.79 Å². The minimum absolute atomic E-state index is 0.118. The van der Waals surface area contributed by atoms with E-state index in [1.807, 2.05) is 37.3 Å². The van der Waals surface area contributed by atoms with Gasteiger partial charge in [0.2, 0.25) is 5.91 Å². The smallest absolute Gasteiger partial charge is 0.244 e. The Hall–Kier alpha value is -2.98. The van der Waals surface area contributed by atoms with Crippen LogP contribution in [-0.2, 0) is 24.1 Å². The number of aryl methyl sites for hydroxylation is 2. The van der Waals surface area contributed by atoms with Gasteiger partial charge >= 0.3 is 0 Å². The Kier molecular flexibility index (Phi) is 4.87. The number of fused-ring (bicyclic) bond motifs is 1. The number of halogens is 1. The van der Waals surface area contributed by atoms with Crippen molar-refractivity contribution >= 4 is 49.1 Å². The number of hydrogen-bond acceptors (Lipinski definition) is 2. The number of carbonyl (C=O) groups is 1. The highest BCUT2D eigenvalue weighted by Crippen LogP contribution is 2.33. The van der Waals surface area contributed by atoms with Gasteiger partial charge < -0.3 is 0 Å². The zero-order chi connectivity index (χ0) is 20.7. The molecule has 1 aliphatic rings. The lowest BCUT2D eigenvalue weighted by atomic mass is 9.98. The van der Waals surface area contributed by atoms with E-state index in [2.05, 4.69) is 62.9 Å². The van der Waals surface area contributed by atoms with Gasteiger partial charge in [0.15, 0.2) is 0 Å². The fourth-order valence-corrected chi connectivity index (χ4v) is 4.94. The monoisotopic (exact) mass is 456 g/mol. The van der Waals surface area contributed by atoms with Crippen molar-refractivity contribution in [3.63, 3.8) is 0 Å². The van der Waals surface area contributed by atoms with Crippen LogP contribution in [0.15, 0.2) is 76.3 Å². The van der Waals surface area contributed by atoms with Gasteiger partial charge in [-0.15, -0.1) is 0 Å². The van der Waals surface area contributed by atoms with Gasteiger partial charge in [-0.25, -0.2) is 5.43 Å². The summed E-state index contributed by atoms with van der Waals surface area (Å²) in [6.07, 6.45) is 2.49. The van der Waals surface area contributed by atoms with Crippen LogP contribution in [0, 0.1) is 0 Å². The SMILES string of the molecule is C/C(=N\NC(=O)Cc1ccc(Br)c2ccccc12)c1ccc2c3c(cccc13)CC2. The van der Waals surface area contributed by atoms with Crippen molar-refractivity contribution < 1.29 is 4.79 Å². The van der Waals surface area contributed by atoms with Crippen molar-refractivity contribution in [3.8, 4) is 0 Å². The fourth-order valence-electron chi connectivity index (χ4n) is 4.46. The molecule has 1 N–H and O–H groups in total. The Balaban J connectivity index is 1.40. The molecule has 4 aromatic rings. The Labute approximate surface area is 183 Å². The molecule has 4 heteroatoms. The molecule has 0 saturated carbocycles. The average Bonchev–Trinajstić information content (AvgIpc) is 3.19. The summed E-state index contributed by atoms with van der Waals surface area (Å²) in [4.78, 5) is 12.6. The third-order valence-electron chi connectivity index (χ3n) is 5.93. The molecule has 148 valence electrons. The molecule has 0 unspecified atom stereocenters. The van der Waals surface area contributed by atoms with Crippen LogP contribution in [0.5, 0.6) is 0 Å². The number of hydrogen-bond donors (Lipinski definition) is 1. The lowest BCUT2D eigenvalue weighted by Gasteiger charge is -2.10. The van der Waals surface area contributed by atoms with E-state index >= 15 is 0 Å². The molecular formula is C26H21BrN2O. The first-order chi connectivity index (χ1) is 14.6. The lowest BCUT2D eigenvalue weighted by molar-refractivity contribution is -0.120. The summed E-state index contributed by atoms with van der Waals surface area (Å²) in [5, 5.41) is 9.19. The van der Waals surface area contributed by atoms with Crippen LogP contribution in [0.4, 0.5) is 0 Å². The number of rotatable bonds is 4. The van der Waals surface area contributed by atoms with Crippen LogP contribution < -0.4 is 5.43 Å². The predicted octanol–water partition coefficient (Wildman–Crippen LogP) is 5.94. The van der Waals surface area contributed by atoms with Crippen molar-refractivity contribution in [2.45, 2.75) is 26.2 Å². The van der Waals surface area contributed by atoms with Crippen molar-refractivity contribution in [3.05, 3.63) is 93.5 Å². The zero-order valence-corrected chi connectivity index (χ0v) is 18.3. The van der Waals surface area contributed by atoms with Crippen molar-refractivity contribution in [1.82, 2.24) is 5.43 Å². The van der Waals surface area contributed by atoms with E-state index < -0.39 is 0 Å². The molecule has 0 bridgehead atoms. The second kappa shape index (κ2) is 7.69. The zero-order valence-electron chi connectivity index (χ0n) is 16.7. The third kappa shape index (κ3) is 3.31. The maximum Gasteiger partial charge on any atom is 0.244 e. The molecule has 0 spiro atoms. The average molecular weight is 457 g/mol. The van der Waals surface area contributed by atoms with Crippen LogP contribution in [0.1, 0.15) is 29.2 Å². The summed E-state index contributed by atoms with van der Waals surface area (Å²) in [7, 11) is 0. The van der Waals surface area contributed by atoms with Crippen LogP contribution in [0.2, 0.25) is 0 Å². The fraction of sp³-hybridized carbons (Fsp3) is 0.154. The van der Waals surface area contributed by atoms with E-state index in [4.69, 9.17) is 0 Å². The van der Waals surface area contributed by atoms with E-state index in [0.29, 0.717) is 0 Å². The molecule has 0 aliphatic heterocycles. The summed E-state index contributed by atoms with van der Waals surface area (Å²) in [5.74, 6) is -0.118. The van der Waals surface area contributed by atoms with Crippen LogP contribution in [0.25, 0.3) is 21.5 Å². The molecule has 30 heavy (non-hydrogen) atoms. The molecule has 1 aliphatic carbocycles. The second-order valence-corrected chi connectivity index (χ2v) is 8.63. The summed E-state index contributed by atoms with van der Waals surface area (Å²) < 4.78 is 1.03. The summed E-state index contributed by atoms with van der Waals surface area (Å²) >= 11 is 3.58. The van der Waals surface area contributed by atoms with Gasteiger partial charge in [0.25, 0.3) is 0 Å². The molecule has 0 radical (unpaired) electrons. The molecular weight excluding hydrogens is 436 g/mol. The van der Waals surface area contributed by atoms with Crippen LogP contribution in [0.3, 0.4) is 0 Å². The molecule has 4 aromatic carbocycles. The van der Waals surface area contributed by atoms with E-state index in [-0.39, 0.29) is 12.3 Å². The largest absolute Gasteiger partial charge is 0.273 e. The molecule has 0 heterocycles. The lowest BCUT2D eigenvalue weighted by Crippen LogP contribution is -2.21. The van der Waals surface area contributed by atoms with Crippen molar-refractivity contribution in [2.75, 3.05) is 0 Å². The summed E-state index contributed by atoms with van der Waals surface area (Å²) in [6.45, 7) is 1.95. The van der Waals surface area contributed by atoms with Gasteiger partial charge in [0.05, 0.1) is 12.1 Å². The number of carbonyl (C=O) groups excluding carboxylic acids is 1.